The summed E-state index contributed by atoms with van der Waals surface area (Å²) in [7, 11) is 3.13. The van der Waals surface area contributed by atoms with E-state index in [0.29, 0.717) is 22.4 Å². The van der Waals surface area contributed by atoms with Gasteiger partial charge in [-0.15, -0.1) is 0 Å². The minimum absolute atomic E-state index is 0.177. The van der Waals surface area contributed by atoms with Gasteiger partial charge in [0.25, 0.3) is 0 Å². The number of nitro groups is 1. The molecule has 0 aliphatic heterocycles. The van der Waals surface area contributed by atoms with E-state index in [9.17, 15) is 14.9 Å². The van der Waals surface area contributed by atoms with Gasteiger partial charge >= 0.3 is 11.7 Å². The minimum atomic E-state index is -0.742. The van der Waals surface area contributed by atoms with Crippen molar-refractivity contribution in [2.24, 2.45) is 7.05 Å². The van der Waals surface area contributed by atoms with Gasteiger partial charge in [-0.05, 0) is 25.1 Å². The van der Waals surface area contributed by atoms with Crippen molar-refractivity contribution in [3.8, 4) is 22.8 Å². The van der Waals surface area contributed by atoms with Crippen LogP contribution in [0.3, 0.4) is 0 Å². The zero-order chi connectivity index (χ0) is 22.1. The van der Waals surface area contributed by atoms with E-state index in [2.05, 4.69) is 10.1 Å². The number of ether oxygens (including phenoxy) is 2. The summed E-state index contributed by atoms with van der Waals surface area (Å²) < 4.78 is 12.1. The summed E-state index contributed by atoms with van der Waals surface area (Å²) >= 11 is 0. The summed E-state index contributed by atoms with van der Waals surface area (Å²) in [4.78, 5) is 28.6. The first-order valence-electron chi connectivity index (χ1n) is 9.33. The summed E-state index contributed by atoms with van der Waals surface area (Å²) in [5.74, 6) is -0.634. The molecular formula is C22H18N4O5. The van der Waals surface area contributed by atoms with Crippen molar-refractivity contribution < 1.29 is 19.2 Å². The molecule has 0 N–H and O–H groups in total. The van der Waals surface area contributed by atoms with Crippen LogP contribution in [0.15, 0.2) is 54.6 Å². The maximum atomic E-state index is 13.2. The van der Waals surface area contributed by atoms with E-state index in [4.69, 9.17) is 9.47 Å². The second-order valence-electron chi connectivity index (χ2n) is 6.81. The summed E-state index contributed by atoms with van der Waals surface area (Å²) in [6, 6.07) is 15.0. The Balaban J connectivity index is 1.84. The lowest BCUT2D eigenvalue weighted by Crippen LogP contribution is -2.11. The molecule has 0 spiro atoms. The van der Waals surface area contributed by atoms with Gasteiger partial charge in [-0.2, -0.15) is 5.10 Å². The van der Waals surface area contributed by atoms with Crippen molar-refractivity contribution in [3.63, 3.8) is 0 Å². The Labute approximate surface area is 177 Å². The lowest BCUT2D eigenvalue weighted by molar-refractivity contribution is -0.385. The fourth-order valence-electron chi connectivity index (χ4n) is 3.37. The molecule has 0 radical (unpaired) electrons. The Hall–Kier alpha value is -4.27. The zero-order valence-corrected chi connectivity index (χ0v) is 17.0. The number of aryl methyl sites for hydroxylation is 2. The Morgan fingerprint density at radius 2 is 1.87 bits per heavy atom. The molecule has 0 saturated carbocycles. The lowest BCUT2D eigenvalue weighted by Gasteiger charge is -2.09. The Bertz CT molecular complexity index is 1310. The fourth-order valence-corrected chi connectivity index (χ4v) is 3.37. The highest BCUT2D eigenvalue weighted by atomic mass is 16.6. The predicted octanol–water partition coefficient (Wildman–Crippen LogP) is 4.08. The van der Waals surface area contributed by atoms with Crippen LogP contribution in [0.25, 0.3) is 22.3 Å². The maximum absolute atomic E-state index is 13.2. The molecule has 0 aliphatic rings. The second-order valence-corrected chi connectivity index (χ2v) is 6.81. The first-order valence-corrected chi connectivity index (χ1v) is 9.33. The van der Waals surface area contributed by atoms with Crippen molar-refractivity contribution in [1.29, 1.82) is 0 Å². The number of pyridine rings is 1. The average Bonchev–Trinajstić information content (AvgIpc) is 3.07. The van der Waals surface area contributed by atoms with Crippen LogP contribution in [-0.4, -0.2) is 32.8 Å². The largest absolute Gasteiger partial charge is 0.496 e. The van der Waals surface area contributed by atoms with Crippen LogP contribution >= 0.6 is 0 Å². The number of nitro benzene ring substituents is 1. The lowest BCUT2D eigenvalue weighted by atomic mass is 10.1. The molecule has 0 fully saturated rings. The first-order chi connectivity index (χ1) is 14.9. The van der Waals surface area contributed by atoms with Crippen LogP contribution in [0.1, 0.15) is 16.1 Å². The fraction of sp³-hybridized carbons (Fsp3) is 0.136. The third-order valence-corrected chi connectivity index (χ3v) is 4.82. The van der Waals surface area contributed by atoms with Crippen LogP contribution < -0.4 is 9.47 Å². The van der Waals surface area contributed by atoms with Gasteiger partial charge in [-0.3, -0.25) is 14.8 Å². The number of esters is 1. The predicted molar refractivity (Wildman–Crippen MR) is 113 cm³/mol. The molecule has 4 rings (SSSR count). The highest BCUT2D eigenvalue weighted by Crippen LogP contribution is 2.33. The van der Waals surface area contributed by atoms with Crippen LogP contribution in [0.5, 0.6) is 11.5 Å². The molecule has 0 atom stereocenters. The van der Waals surface area contributed by atoms with Crippen LogP contribution in [0, 0.1) is 17.0 Å². The number of hydrogen-bond donors (Lipinski definition) is 0. The standard InChI is InChI=1S/C22H18N4O5/c1-13-20-16(22(27)31-19-10-9-15(30-3)11-18(19)26(28)29)12-17(14-7-5-4-6-8-14)23-21(20)25(2)24-13/h4-12H,1-3H3. The van der Waals surface area contributed by atoms with Gasteiger partial charge in [0.1, 0.15) is 5.75 Å². The number of aromatic nitrogens is 3. The Kier molecular flexibility index (Phi) is 5.08. The summed E-state index contributed by atoms with van der Waals surface area (Å²) in [6.45, 7) is 1.76. The van der Waals surface area contributed by atoms with E-state index in [1.807, 2.05) is 30.3 Å². The van der Waals surface area contributed by atoms with E-state index < -0.39 is 10.9 Å². The van der Waals surface area contributed by atoms with E-state index in [-0.39, 0.29) is 22.7 Å². The average molecular weight is 418 g/mol. The smallest absolute Gasteiger partial charge is 0.344 e. The minimum Gasteiger partial charge on any atom is -0.496 e. The van der Waals surface area contributed by atoms with Gasteiger partial charge < -0.3 is 9.47 Å². The second kappa shape index (κ2) is 7.86. The molecule has 2 aromatic heterocycles. The SMILES string of the molecule is COc1ccc(OC(=O)c2cc(-c3ccccc3)nc3c2c(C)nn3C)c([N+](=O)[O-])c1. The van der Waals surface area contributed by atoms with E-state index >= 15 is 0 Å². The molecule has 0 amide bonds. The third kappa shape index (κ3) is 3.68. The molecular weight excluding hydrogens is 400 g/mol. The van der Waals surface area contributed by atoms with E-state index in [1.54, 1.807) is 24.7 Å². The highest BCUT2D eigenvalue weighted by Gasteiger charge is 2.24. The molecule has 0 aliphatic carbocycles. The van der Waals surface area contributed by atoms with Crippen molar-refractivity contribution in [2.45, 2.75) is 6.92 Å². The van der Waals surface area contributed by atoms with Gasteiger partial charge in [0.2, 0.25) is 5.75 Å². The molecule has 31 heavy (non-hydrogen) atoms. The van der Waals surface area contributed by atoms with Gasteiger partial charge in [0.05, 0.1) is 40.4 Å². The molecule has 0 bridgehead atoms. The molecule has 9 heteroatoms. The summed E-state index contributed by atoms with van der Waals surface area (Å²) in [6.07, 6.45) is 0. The van der Waals surface area contributed by atoms with Crippen molar-refractivity contribution in [2.75, 3.05) is 7.11 Å². The van der Waals surface area contributed by atoms with Gasteiger partial charge in [-0.25, -0.2) is 9.78 Å². The van der Waals surface area contributed by atoms with Gasteiger partial charge in [0, 0.05) is 12.6 Å². The molecule has 0 saturated heterocycles. The monoisotopic (exact) mass is 418 g/mol. The number of methoxy groups -OCH3 is 1. The molecule has 2 heterocycles. The summed E-state index contributed by atoms with van der Waals surface area (Å²) in [5, 5.41) is 16.3. The molecule has 4 aromatic rings. The van der Waals surface area contributed by atoms with E-state index in [0.717, 1.165) is 5.56 Å². The van der Waals surface area contributed by atoms with Crippen LogP contribution in [0.2, 0.25) is 0 Å². The molecule has 9 nitrogen and oxygen atoms in total. The third-order valence-electron chi connectivity index (χ3n) is 4.82. The van der Waals surface area contributed by atoms with Crippen molar-refractivity contribution in [1.82, 2.24) is 14.8 Å². The van der Waals surface area contributed by atoms with Gasteiger partial charge in [0.15, 0.2) is 5.65 Å². The summed E-state index contributed by atoms with van der Waals surface area (Å²) in [5.41, 5.74) is 2.33. The Morgan fingerprint density at radius 3 is 2.55 bits per heavy atom. The Morgan fingerprint density at radius 1 is 1.13 bits per heavy atom. The maximum Gasteiger partial charge on any atom is 0.344 e. The van der Waals surface area contributed by atoms with Crippen LogP contribution in [0.4, 0.5) is 5.69 Å². The zero-order valence-electron chi connectivity index (χ0n) is 17.0. The number of nitrogens with zero attached hydrogens (tertiary/aromatic N) is 4. The van der Waals surface area contributed by atoms with Crippen molar-refractivity contribution >= 4 is 22.7 Å². The number of hydrogen-bond acceptors (Lipinski definition) is 7. The number of benzene rings is 2. The molecule has 2 aromatic carbocycles. The quantitative estimate of drug-likeness (QED) is 0.208. The van der Waals surface area contributed by atoms with Crippen molar-refractivity contribution in [3.05, 3.63) is 76.0 Å². The first kappa shape index (κ1) is 20.0. The number of fused-ring (bicyclic) bond motifs is 1. The molecule has 156 valence electrons. The van der Waals surface area contributed by atoms with Crippen LogP contribution in [-0.2, 0) is 7.05 Å². The van der Waals surface area contributed by atoms with Gasteiger partial charge in [-0.1, -0.05) is 30.3 Å². The number of rotatable bonds is 5. The number of carbonyl (C=O) groups is 1. The van der Waals surface area contributed by atoms with E-state index in [1.165, 1.54) is 25.3 Å². The molecule has 0 unspecified atom stereocenters. The normalized spacial score (nSPS) is 10.8. The number of carbonyl (C=O) groups excluding carboxylic acids is 1. The topological polar surface area (TPSA) is 109 Å². The highest BCUT2D eigenvalue weighted by molar-refractivity contribution is 6.05.